The summed E-state index contributed by atoms with van der Waals surface area (Å²) in [6, 6.07) is 5.88. The third-order valence-corrected chi connectivity index (χ3v) is 2.25. The van der Waals surface area contributed by atoms with Crippen LogP contribution in [0.15, 0.2) is 18.2 Å². The Morgan fingerprint density at radius 2 is 2.27 bits per heavy atom. The summed E-state index contributed by atoms with van der Waals surface area (Å²) in [5.74, 6) is 0.895. The van der Waals surface area contributed by atoms with Crippen LogP contribution in [0.4, 0.5) is 4.79 Å². The Hall–Kier alpha value is -1.03. The average Bonchev–Trinajstić information content (AvgIpc) is 2.19. The standard InChI is InChI=1S/C11H14BrNO2/c1-3-15-10-5-4-9(6-8(10)2)7-13-11(12)14/h4-6H,3,7H2,1-2H3,(H,13,14). The lowest BCUT2D eigenvalue weighted by Gasteiger charge is -2.09. The van der Waals surface area contributed by atoms with E-state index in [-0.39, 0.29) is 4.82 Å². The van der Waals surface area contributed by atoms with E-state index in [0.717, 1.165) is 16.9 Å². The van der Waals surface area contributed by atoms with Crippen LogP contribution in [0.1, 0.15) is 18.1 Å². The molecule has 0 bridgehead atoms. The lowest BCUT2D eigenvalue weighted by Crippen LogP contribution is -2.15. The number of carbonyl (C=O) groups is 1. The Morgan fingerprint density at radius 3 is 2.80 bits per heavy atom. The number of nitrogens with one attached hydrogen (secondary N) is 1. The second-order valence-electron chi connectivity index (χ2n) is 3.16. The van der Waals surface area contributed by atoms with Gasteiger partial charge in [-0.25, -0.2) is 0 Å². The summed E-state index contributed by atoms with van der Waals surface area (Å²) in [6.07, 6.45) is 0. The minimum Gasteiger partial charge on any atom is -0.494 e. The number of amides is 1. The average molecular weight is 272 g/mol. The molecule has 0 atom stereocenters. The zero-order valence-corrected chi connectivity index (χ0v) is 10.4. The molecule has 0 spiro atoms. The van der Waals surface area contributed by atoms with Gasteiger partial charge in [-0.1, -0.05) is 12.1 Å². The molecule has 0 aromatic heterocycles. The van der Waals surface area contributed by atoms with E-state index >= 15 is 0 Å². The van der Waals surface area contributed by atoms with Gasteiger partial charge in [-0.15, -0.1) is 0 Å². The van der Waals surface area contributed by atoms with E-state index in [2.05, 4.69) is 21.2 Å². The minimum atomic E-state index is -0.200. The van der Waals surface area contributed by atoms with E-state index in [0.29, 0.717) is 13.2 Å². The molecule has 0 radical (unpaired) electrons. The fourth-order valence-corrected chi connectivity index (χ4v) is 1.45. The number of carbonyl (C=O) groups excluding carboxylic acids is 1. The third kappa shape index (κ3) is 3.91. The molecule has 0 saturated carbocycles. The predicted molar refractivity (Wildman–Crippen MR) is 63.5 cm³/mol. The summed E-state index contributed by atoms with van der Waals surface area (Å²) >= 11 is 2.82. The first-order valence-electron chi connectivity index (χ1n) is 4.79. The molecule has 0 aliphatic heterocycles. The van der Waals surface area contributed by atoms with Crippen molar-refractivity contribution in [2.24, 2.45) is 0 Å². The van der Waals surface area contributed by atoms with Crippen LogP contribution in [0.2, 0.25) is 0 Å². The van der Waals surface area contributed by atoms with Gasteiger partial charge in [0.25, 0.3) is 4.82 Å². The molecule has 0 heterocycles. The zero-order chi connectivity index (χ0) is 11.3. The Balaban J connectivity index is 2.68. The summed E-state index contributed by atoms with van der Waals surface area (Å²) in [5.41, 5.74) is 2.14. The minimum absolute atomic E-state index is 0.200. The fraction of sp³-hybridized carbons (Fsp3) is 0.364. The molecule has 1 aromatic carbocycles. The molecule has 0 aliphatic rings. The van der Waals surface area contributed by atoms with Gasteiger partial charge < -0.3 is 10.1 Å². The highest BCUT2D eigenvalue weighted by atomic mass is 79.9. The van der Waals surface area contributed by atoms with Crippen molar-refractivity contribution >= 4 is 20.7 Å². The number of halogens is 1. The molecule has 0 aliphatic carbocycles. The molecule has 1 rings (SSSR count). The van der Waals surface area contributed by atoms with Crippen LogP contribution in [-0.4, -0.2) is 11.4 Å². The highest BCUT2D eigenvalue weighted by Gasteiger charge is 2.01. The van der Waals surface area contributed by atoms with Crippen LogP contribution in [0, 0.1) is 6.92 Å². The van der Waals surface area contributed by atoms with Crippen molar-refractivity contribution in [2.45, 2.75) is 20.4 Å². The Bertz CT molecular complexity index is 352. The van der Waals surface area contributed by atoms with Crippen LogP contribution >= 0.6 is 15.9 Å². The molecule has 4 heteroatoms. The van der Waals surface area contributed by atoms with Crippen LogP contribution in [-0.2, 0) is 6.54 Å². The Kier molecular flexibility index (Phi) is 4.62. The van der Waals surface area contributed by atoms with E-state index in [9.17, 15) is 4.79 Å². The first-order valence-corrected chi connectivity index (χ1v) is 5.58. The van der Waals surface area contributed by atoms with E-state index in [1.54, 1.807) is 0 Å². The third-order valence-electron chi connectivity index (χ3n) is 1.97. The zero-order valence-electron chi connectivity index (χ0n) is 8.84. The molecule has 1 aromatic rings. The monoisotopic (exact) mass is 271 g/mol. The van der Waals surface area contributed by atoms with Crippen molar-refractivity contribution in [2.75, 3.05) is 6.61 Å². The van der Waals surface area contributed by atoms with Crippen LogP contribution in [0.3, 0.4) is 0 Å². The first kappa shape index (κ1) is 12.0. The van der Waals surface area contributed by atoms with Gasteiger partial charge >= 0.3 is 0 Å². The highest BCUT2D eigenvalue weighted by Crippen LogP contribution is 2.18. The molecule has 0 fully saturated rings. The highest BCUT2D eigenvalue weighted by molar-refractivity contribution is 9.18. The Morgan fingerprint density at radius 1 is 1.53 bits per heavy atom. The van der Waals surface area contributed by atoms with Crippen LogP contribution in [0.5, 0.6) is 5.75 Å². The number of benzene rings is 1. The van der Waals surface area contributed by atoms with Crippen LogP contribution < -0.4 is 10.1 Å². The van der Waals surface area contributed by atoms with Crippen molar-refractivity contribution in [3.8, 4) is 5.75 Å². The first-order chi connectivity index (χ1) is 7.13. The van der Waals surface area contributed by atoms with E-state index in [1.165, 1.54) is 0 Å². The van der Waals surface area contributed by atoms with Crippen molar-refractivity contribution in [3.05, 3.63) is 29.3 Å². The molecular weight excluding hydrogens is 258 g/mol. The lowest BCUT2D eigenvalue weighted by atomic mass is 10.1. The Labute approximate surface area is 97.9 Å². The maximum absolute atomic E-state index is 10.7. The smallest absolute Gasteiger partial charge is 0.287 e. The molecule has 1 N–H and O–H groups in total. The fourth-order valence-electron chi connectivity index (χ4n) is 1.31. The van der Waals surface area contributed by atoms with Gasteiger partial charge in [0.1, 0.15) is 5.75 Å². The van der Waals surface area contributed by atoms with Gasteiger partial charge in [0.15, 0.2) is 0 Å². The van der Waals surface area contributed by atoms with Crippen molar-refractivity contribution in [1.82, 2.24) is 5.32 Å². The van der Waals surface area contributed by atoms with Crippen molar-refractivity contribution in [3.63, 3.8) is 0 Å². The molecular formula is C11H14BrNO2. The number of hydrogen-bond donors (Lipinski definition) is 1. The lowest BCUT2D eigenvalue weighted by molar-refractivity contribution is 0.261. The molecule has 3 nitrogen and oxygen atoms in total. The number of ether oxygens (including phenoxy) is 1. The second-order valence-corrected chi connectivity index (χ2v) is 3.88. The summed E-state index contributed by atoms with van der Waals surface area (Å²) in [5, 5.41) is 2.68. The maximum Gasteiger partial charge on any atom is 0.287 e. The molecule has 0 saturated heterocycles. The molecule has 15 heavy (non-hydrogen) atoms. The van der Waals surface area contributed by atoms with Gasteiger partial charge in [-0.3, -0.25) is 4.79 Å². The summed E-state index contributed by atoms with van der Waals surface area (Å²) in [7, 11) is 0. The largest absolute Gasteiger partial charge is 0.494 e. The van der Waals surface area contributed by atoms with Crippen molar-refractivity contribution in [1.29, 1.82) is 0 Å². The van der Waals surface area contributed by atoms with Gasteiger partial charge in [-0.05, 0) is 31.0 Å². The van der Waals surface area contributed by atoms with Gasteiger partial charge in [0, 0.05) is 22.5 Å². The summed E-state index contributed by atoms with van der Waals surface area (Å²) in [4.78, 5) is 10.5. The normalized spacial score (nSPS) is 9.80. The number of hydrogen-bond acceptors (Lipinski definition) is 2. The van der Waals surface area contributed by atoms with Crippen molar-refractivity contribution < 1.29 is 9.53 Å². The second kappa shape index (κ2) is 5.75. The predicted octanol–water partition coefficient (Wildman–Crippen LogP) is 3.00. The summed E-state index contributed by atoms with van der Waals surface area (Å²) < 4.78 is 5.42. The van der Waals surface area contributed by atoms with E-state index < -0.39 is 0 Å². The molecule has 0 unspecified atom stereocenters. The van der Waals surface area contributed by atoms with Gasteiger partial charge in [0.2, 0.25) is 0 Å². The number of rotatable bonds is 4. The van der Waals surface area contributed by atoms with Gasteiger partial charge in [0.05, 0.1) is 6.61 Å². The summed E-state index contributed by atoms with van der Waals surface area (Å²) in [6.45, 7) is 5.14. The SMILES string of the molecule is CCOc1ccc(CNC(=O)Br)cc1C. The molecule has 82 valence electrons. The topological polar surface area (TPSA) is 38.3 Å². The maximum atomic E-state index is 10.7. The van der Waals surface area contributed by atoms with E-state index in [4.69, 9.17) is 4.74 Å². The van der Waals surface area contributed by atoms with Crippen LogP contribution in [0.25, 0.3) is 0 Å². The molecule has 1 amide bonds. The number of aryl methyl sites for hydroxylation is 1. The van der Waals surface area contributed by atoms with Gasteiger partial charge in [-0.2, -0.15) is 0 Å². The van der Waals surface area contributed by atoms with E-state index in [1.807, 2.05) is 32.0 Å². The quantitative estimate of drug-likeness (QED) is 0.676.